The van der Waals surface area contributed by atoms with E-state index >= 15 is 0 Å². The molecule has 0 amide bonds. The van der Waals surface area contributed by atoms with Crippen molar-refractivity contribution in [1.29, 1.82) is 0 Å². The minimum atomic E-state index is -4.35. The van der Waals surface area contributed by atoms with Crippen LogP contribution in [0.1, 0.15) is 25.1 Å². The molecule has 1 aromatic heterocycles. The van der Waals surface area contributed by atoms with Crippen LogP contribution in [0.3, 0.4) is 0 Å². The summed E-state index contributed by atoms with van der Waals surface area (Å²) >= 11 is 0. The van der Waals surface area contributed by atoms with Crippen molar-refractivity contribution in [3.8, 4) is 0 Å². The fourth-order valence-corrected chi connectivity index (χ4v) is 4.66. The van der Waals surface area contributed by atoms with E-state index in [0.717, 1.165) is 17.0 Å². The number of sulfonamides is 1. The lowest BCUT2D eigenvalue weighted by atomic mass is 10.2. The van der Waals surface area contributed by atoms with Crippen molar-refractivity contribution in [3.05, 3.63) is 66.0 Å². The first-order chi connectivity index (χ1) is 13.8. The number of benzene rings is 1. The van der Waals surface area contributed by atoms with Crippen LogP contribution in [-0.2, 0) is 37.4 Å². The Bertz CT molecular complexity index is 893. The van der Waals surface area contributed by atoms with E-state index in [1.165, 1.54) is 6.92 Å². The van der Waals surface area contributed by atoms with Crippen molar-refractivity contribution in [2.75, 3.05) is 13.7 Å². The Balaban J connectivity index is 2.32. The van der Waals surface area contributed by atoms with E-state index in [4.69, 9.17) is 15.2 Å². The van der Waals surface area contributed by atoms with Crippen LogP contribution >= 0.6 is 0 Å². The van der Waals surface area contributed by atoms with Gasteiger partial charge in [-0.1, -0.05) is 43.3 Å². The molecule has 0 saturated heterocycles. The molecule has 8 nitrogen and oxygen atoms in total. The highest BCUT2D eigenvalue weighted by atomic mass is 32.2. The molecule has 0 radical (unpaired) electrons. The maximum Gasteiger partial charge on any atom is 0.346 e. The zero-order valence-electron chi connectivity index (χ0n) is 16.8. The lowest BCUT2D eigenvalue weighted by Gasteiger charge is -2.36. The maximum absolute atomic E-state index is 13.4. The monoisotopic (exact) mass is 421 g/mol. The van der Waals surface area contributed by atoms with Crippen molar-refractivity contribution in [2.24, 2.45) is 5.73 Å². The van der Waals surface area contributed by atoms with E-state index in [1.807, 2.05) is 30.3 Å². The first-order valence-corrected chi connectivity index (χ1v) is 10.6. The van der Waals surface area contributed by atoms with E-state index in [2.05, 4.69) is 4.98 Å². The predicted molar refractivity (Wildman–Crippen MR) is 109 cm³/mol. The van der Waals surface area contributed by atoms with Crippen LogP contribution in [0.4, 0.5) is 0 Å². The number of nitrogens with two attached hydrogens (primary N) is 1. The van der Waals surface area contributed by atoms with Gasteiger partial charge in [-0.2, -0.15) is 4.31 Å². The Morgan fingerprint density at radius 2 is 1.86 bits per heavy atom. The minimum Gasteiger partial charge on any atom is -0.467 e. The summed E-state index contributed by atoms with van der Waals surface area (Å²) in [6, 6.07) is 14.4. The van der Waals surface area contributed by atoms with Crippen LogP contribution < -0.4 is 5.73 Å². The van der Waals surface area contributed by atoms with Gasteiger partial charge in [0.2, 0.25) is 10.0 Å². The van der Waals surface area contributed by atoms with Gasteiger partial charge in [-0.25, -0.2) is 13.2 Å². The third-order valence-electron chi connectivity index (χ3n) is 4.64. The molecular formula is C20H27N3O5S. The number of hydrogen-bond donors (Lipinski definition) is 1. The van der Waals surface area contributed by atoms with Crippen LogP contribution in [0, 0.1) is 0 Å². The normalized spacial score (nSPS) is 14.9. The smallest absolute Gasteiger partial charge is 0.346 e. The largest absolute Gasteiger partial charge is 0.467 e. The molecule has 0 aliphatic heterocycles. The van der Waals surface area contributed by atoms with Gasteiger partial charge in [0, 0.05) is 12.7 Å². The van der Waals surface area contributed by atoms with Gasteiger partial charge in [0.15, 0.2) is 0 Å². The number of methoxy groups -OCH3 is 1. The number of carbonyl (C=O) groups is 1. The highest BCUT2D eigenvalue weighted by molar-refractivity contribution is 7.91. The van der Waals surface area contributed by atoms with Crippen LogP contribution in [0.25, 0.3) is 0 Å². The van der Waals surface area contributed by atoms with Crippen LogP contribution in [-0.4, -0.2) is 48.3 Å². The number of pyridine rings is 1. The topological polar surface area (TPSA) is 112 Å². The second kappa shape index (κ2) is 9.93. The molecule has 0 saturated carbocycles. The van der Waals surface area contributed by atoms with Crippen LogP contribution in [0.5, 0.6) is 0 Å². The number of esters is 1. The molecule has 1 heterocycles. The number of rotatable bonds is 10. The quantitative estimate of drug-likeness (QED) is 0.581. The third-order valence-corrected chi connectivity index (χ3v) is 7.05. The number of aromatic nitrogens is 1. The number of ether oxygens (including phenoxy) is 2. The molecule has 2 rings (SSSR count). The molecule has 2 aromatic rings. The van der Waals surface area contributed by atoms with Gasteiger partial charge >= 0.3 is 5.97 Å². The van der Waals surface area contributed by atoms with E-state index in [9.17, 15) is 13.2 Å². The predicted octanol–water partition coefficient (Wildman–Crippen LogP) is 1.67. The van der Waals surface area contributed by atoms with Crippen LogP contribution in [0.15, 0.2) is 54.7 Å². The van der Waals surface area contributed by atoms with Gasteiger partial charge in [-0.05, 0) is 24.6 Å². The lowest BCUT2D eigenvalue weighted by Crippen LogP contribution is -2.66. The zero-order chi connectivity index (χ0) is 21.5. The van der Waals surface area contributed by atoms with Crippen LogP contribution in [0.2, 0.25) is 0 Å². The summed E-state index contributed by atoms with van der Waals surface area (Å²) in [4.78, 5) is 14.3. The Hall–Kier alpha value is -2.33. The molecule has 2 atom stereocenters. The van der Waals surface area contributed by atoms with Gasteiger partial charge in [0.1, 0.15) is 6.10 Å². The average molecular weight is 422 g/mol. The molecular weight excluding hydrogens is 394 g/mol. The van der Waals surface area contributed by atoms with Gasteiger partial charge in [-0.3, -0.25) is 10.7 Å². The standard InChI is InChI=1S/C20H27N3O5S/c1-4-23(14-18-12-8-9-13-22-18)29(25,26)20(21,19(24)27-3)16(2)28-15-17-10-6-5-7-11-17/h5-13,16H,4,14-15,21H2,1-3H3/t16-,20-/m1/s1. The van der Waals surface area contributed by atoms with E-state index < -0.39 is 27.0 Å². The number of hydrogen-bond acceptors (Lipinski definition) is 7. The summed E-state index contributed by atoms with van der Waals surface area (Å²) in [5, 5.41) is 0. The van der Waals surface area contributed by atoms with Crippen molar-refractivity contribution < 1.29 is 22.7 Å². The van der Waals surface area contributed by atoms with E-state index in [0.29, 0.717) is 5.69 Å². The fourth-order valence-electron chi connectivity index (χ4n) is 2.81. The molecule has 29 heavy (non-hydrogen) atoms. The highest BCUT2D eigenvalue weighted by Crippen LogP contribution is 2.26. The minimum absolute atomic E-state index is 0.0268. The molecule has 0 fully saturated rings. The van der Waals surface area contributed by atoms with Crippen molar-refractivity contribution in [3.63, 3.8) is 0 Å². The summed E-state index contributed by atoms with van der Waals surface area (Å²) in [7, 11) is -3.26. The van der Waals surface area contributed by atoms with Gasteiger partial charge in [0.05, 0.1) is 26.0 Å². The molecule has 1 aromatic carbocycles. The maximum atomic E-state index is 13.4. The fraction of sp³-hybridized carbons (Fsp3) is 0.400. The Kier molecular flexibility index (Phi) is 7.86. The van der Waals surface area contributed by atoms with Gasteiger partial charge in [-0.15, -0.1) is 0 Å². The zero-order valence-corrected chi connectivity index (χ0v) is 17.6. The van der Waals surface area contributed by atoms with Crippen molar-refractivity contribution in [1.82, 2.24) is 9.29 Å². The van der Waals surface area contributed by atoms with Gasteiger partial charge in [0.25, 0.3) is 4.87 Å². The second-order valence-electron chi connectivity index (χ2n) is 6.48. The second-order valence-corrected chi connectivity index (χ2v) is 8.62. The summed E-state index contributed by atoms with van der Waals surface area (Å²) in [5.74, 6) is -1.09. The molecule has 0 bridgehead atoms. The molecule has 0 aliphatic rings. The Morgan fingerprint density at radius 3 is 2.41 bits per heavy atom. The van der Waals surface area contributed by atoms with Gasteiger partial charge < -0.3 is 9.47 Å². The first kappa shape index (κ1) is 23.0. The van der Waals surface area contributed by atoms with Crippen molar-refractivity contribution in [2.45, 2.75) is 38.0 Å². The lowest BCUT2D eigenvalue weighted by molar-refractivity contribution is -0.148. The summed E-state index contributed by atoms with van der Waals surface area (Å²) in [6.07, 6.45) is 0.398. The Morgan fingerprint density at radius 1 is 1.21 bits per heavy atom. The third kappa shape index (κ3) is 4.99. The number of carbonyl (C=O) groups excluding carboxylic acids is 1. The molecule has 0 spiro atoms. The van der Waals surface area contributed by atoms with E-state index in [1.54, 1.807) is 31.3 Å². The summed E-state index contributed by atoms with van der Waals surface area (Å²) < 4.78 is 38.4. The average Bonchev–Trinajstić information content (AvgIpc) is 2.75. The summed E-state index contributed by atoms with van der Waals surface area (Å²) in [5.41, 5.74) is 7.57. The number of nitrogens with zero attached hydrogens (tertiary/aromatic N) is 2. The molecule has 158 valence electrons. The van der Waals surface area contributed by atoms with E-state index in [-0.39, 0.29) is 19.7 Å². The molecule has 0 aliphatic carbocycles. The van der Waals surface area contributed by atoms with Crippen molar-refractivity contribution >= 4 is 16.0 Å². The highest BCUT2D eigenvalue weighted by Gasteiger charge is 2.56. The molecule has 9 heteroatoms. The Labute approximate surface area is 171 Å². The summed E-state index contributed by atoms with van der Waals surface area (Å²) in [6.45, 7) is 3.28. The SMILES string of the molecule is CCN(Cc1ccccn1)S(=O)(=O)[C@@](N)(C(=O)OC)[C@@H](C)OCc1ccccc1. The first-order valence-electron chi connectivity index (χ1n) is 9.19. The molecule has 2 N–H and O–H groups in total. The molecule has 0 unspecified atom stereocenters.